The number of carboxylic acids is 2. The number of ketones is 1. The molecule has 0 aliphatic carbocycles. The molecule has 5 nitrogen and oxygen atoms in total. The third-order valence-electron chi connectivity index (χ3n) is 0.371. The molecule has 44 valence electrons. The first-order valence-electron chi connectivity index (χ1n) is 1.52. The zero-order valence-electron chi connectivity index (χ0n) is 5.54. The van der Waals surface area contributed by atoms with Crippen LogP contribution in [0.4, 0.5) is 0 Å². The van der Waals surface area contributed by atoms with Gasteiger partial charge in [0.1, 0.15) is 11.9 Å². The van der Waals surface area contributed by atoms with Crippen LogP contribution in [0.5, 0.6) is 0 Å². The maximum Gasteiger partial charge on any atom is 1.00 e. The van der Waals surface area contributed by atoms with Gasteiger partial charge in [0.25, 0.3) is 0 Å². The van der Waals surface area contributed by atoms with E-state index in [0.29, 0.717) is 0 Å². The van der Waals surface area contributed by atoms with Crippen LogP contribution in [0.1, 0.15) is 0 Å². The van der Waals surface area contributed by atoms with Gasteiger partial charge in [-0.25, -0.2) is 0 Å². The van der Waals surface area contributed by atoms with Crippen molar-refractivity contribution in [2.24, 2.45) is 0 Å². The molecule has 0 aromatic heterocycles. The van der Waals surface area contributed by atoms with Crippen LogP contribution in [0.15, 0.2) is 0 Å². The molecule has 0 fully saturated rings. The number of rotatable bonds is 2. The predicted octanol–water partition coefficient (Wildman–Crippen LogP) is -9.94. The second-order valence-corrected chi connectivity index (χ2v) is 0.904. The summed E-state index contributed by atoms with van der Waals surface area (Å²) < 4.78 is 0. The number of hydrogen-bond acceptors (Lipinski definition) is 5. The Bertz CT molecular complexity index is 137. The van der Waals surface area contributed by atoms with E-state index >= 15 is 0 Å². The van der Waals surface area contributed by atoms with E-state index in [0.717, 1.165) is 0 Å². The molecular formula is C3Li2O5. The molecular weight excluding hydrogens is 130 g/mol. The standard InChI is InChI=1S/C3H2O5.2Li/c4-1(2(5)6)3(7)8;;/h(H,5,6)(H,7,8);;/q;2*+1/p-2. The smallest absolute Gasteiger partial charge is 0.541 e. The van der Waals surface area contributed by atoms with Crippen LogP contribution in [0.3, 0.4) is 0 Å². The Morgan fingerprint density at radius 2 is 1.00 bits per heavy atom. The Morgan fingerprint density at radius 1 is 0.800 bits per heavy atom. The van der Waals surface area contributed by atoms with Crippen LogP contribution in [0.25, 0.3) is 0 Å². The topological polar surface area (TPSA) is 97.3 Å². The fourth-order valence-electron chi connectivity index (χ4n) is 0.0833. The van der Waals surface area contributed by atoms with E-state index in [1.54, 1.807) is 0 Å². The van der Waals surface area contributed by atoms with E-state index in [-0.39, 0.29) is 37.7 Å². The molecule has 0 aliphatic rings. The molecule has 10 heavy (non-hydrogen) atoms. The fourth-order valence-corrected chi connectivity index (χ4v) is 0.0833. The van der Waals surface area contributed by atoms with Crippen LogP contribution >= 0.6 is 0 Å². The summed E-state index contributed by atoms with van der Waals surface area (Å²) in [6.45, 7) is 0. The molecule has 0 spiro atoms. The minimum atomic E-state index is -2.26. The van der Waals surface area contributed by atoms with Crippen molar-refractivity contribution >= 4 is 17.7 Å². The Kier molecular flexibility index (Phi) is 11.4. The third kappa shape index (κ3) is 5.93. The van der Waals surface area contributed by atoms with E-state index in [2.05, 4.69) is 0 Å². The Balaban J connectivity index is -0.000000245. The predicted molar refractivity (Wildman–Crippen MR) is 15.0 cm³/mol. The number of aliphatic carboxylic acids is 2. The second-order valence-electron chi connectivity index (χ2n) is 0.904. The summed E-state index contributed by atoms with van der Waals surface area (Å²) >= 11 is 0. The van der Waals surface area contributed by atoms with Crippen LogP contribution < -0.4 is 47.9 Å². The average Bonchev–Trinajstić information content (AvgIpc) is 1.64. The third-order valence-corrected chi connectivity index (χ3v) is 0.371. The van der Waals surface area contributed by atoms with Crippen LogP contribution in [0, 0.1) is 0 Å². The van der Waals surface area contributed by atoms with E-state index in [1.807, 2.05) is 0 Å². The summed E-state index contributed by atoms with van der Waals surface area (Å²) in [6.07, 6.45) is 0. The van der Waals surface area contributed by atoms with Gasteiger partial charge in [0, 0.05) is 0 Å². The Hall–Kier alpha value is -0.195. The van der Waals surface area contributed by atoms with Crippen molar-refractivity contribution in [3.63, 3.8) is 0 Å². The van der Waals surface area contributed by atoms with Crippen molar-refractivity contribution in [2.75, 3.05) is 0 Å². The van der Waals surface area contributed by atoms with Gasteiger partial charge in [0.2, 0.25) is 5.78 Å². The fraction of sp³-hybridized carbons (Fsp3) is 0. The molecule has 0 bridgehead atoms. The quantitative estimate of drug-likeness (QED) is 0.210. The molecule has 0 amide bonds. The second kappa shape index (κ2) is 6.92. The molecule has 7 heteroatoms. The maximum absolute atomic E-state index is 9.52. The molecule has 0 saturated heterocycles. The van der Waals surface area contributed by atoms with Crippen molar-refractivity contribution in [2.45, 2.75) is 0 Å². The van der Waals surface area contributed by atoms with Gasteiger partial charge in [-0.1, -0.05) is 0 Å². The van der Waals surface area contributed by atoms with Gasteiger partial charge >= 0.3 is 37.7 Å². The van der Waals surface area contributed by atoms with Gasteiger partial charge in [-0.2, -0.15) is 0 Å². The van der Waals surface area contributed by atoms with Crippen molar-refractivity contribution in [3.05, 3.63) is 0 Å². The van der Waals surface area contributed by atoms with E-state index < -0.39 is 17.7 Å². The monoisotopic (exact) mass is 130 g/mol. The summed E-state index contributed by atoms with van der Waals surface area (Å²) in [5, 5.41) is 18.5. The van der Waals surface area contributed by atoms with Crippen LogP contribution in [-0.4, -0.2) is 17.7 Å². The first-order chi connectivity index (χ1) is 3.55. The molecule has 0 aromatic carbocycles. The van der Waals surface area contributed by atoms with Gasteiger partial charge in [0.05, 0.1) is 0 Å². The zero-order chi connectivity index (χ0) is 6.73. The minimum Gasteiger partial charge on any atom is -0.541 e. The summed E-state index contributed by atoms with van der Waals surface area (Å²) in [5.41, 5.74) is 0. The van der Waals surface area contributed by atoms with Crippen molar-refractivity contribution in [3.8, 4) is 0 Å². The Morgan fingerprint density at radius 3 is 1.00 bits per heavy atom. The SMILES string of the molecule is O=C([O-])C(=O)C(=O)[O-].[Li+].[Li+]. The van der Waals surface area contributed by atoms with Crippen LogP contribution in [-0.2, 0) is 14.4 Å². The number of Topliss-reactive ketones (excluding diaryl/α,β-unsaturated/α-hetero) is 1. The number of carbonyl (C=O) groups excluding carboxylic acids is 3. The summed E-state index contributed by atoms with van der Waals surface area (Å²) in [7, 11) is 0. The van der Waals surface area contributed by atoms with E-state index in [9.17, 15) is 24.6 Å². The average molecular weight is 130 g/mol. The van der Waals surface area contributed by atoms with Crippen molar-refractivity contribution in [1.29, 1.82) is 0 Å². The number of hydrogen-bond donors (Lipinski definition) is 0. The molecule has 0 saturated carbocycles. The van der Waals surface area contributed by atoms with Crippen molar-refractivity contribution in [1.82, 2.24) is 0 Å². The Labute approximate surface area is 80.1 Å². The minimum absolute atomic E-state index is 0. The molecule has 0 aromatic rings. The molecule has 0 rings (SSSR count). The summed E-state index contributed by atoms with van der Waals surface area (Å²) in [5.74, 6) is -6.56. The molecule has 0 N–H and O–H groups in total. The molecule has 0 radical (unpaired) electrons. The number of carboxylic acid groups (broad SMARTS) is 2. The molecule has 0 unspecified atom stereocenters. The first kappa shape index (κ1) is 16.4. The first-order valence-corrected chi connectivity index (χ1v) is 1.52. The van der Waals surface area contributed by atoms with Gasteiger partial charge < -0.3 is 19.8 Å². The summed E-state index contributed by atoms with van der Waals surface area (Å²) in [4.78, 5) is 28.0. The van der Waals surface area contributed by atoms with E-state index in [4.69, 9.17) is 0 Å². The van der Waals surface area contributed by atoms with Crippen molar-refractivity contribution < 1.29 is 62.3 Å². The van der Waals surface area contributed by atoms with E-state index in [1.165, 1.54) is 0 Å². The van der Waals surface area contributed by atoms with Gasteiger partial charge in [0.15, 0.2) is 0 Å². The maximum atomic E-state index is 9.52. The largest absolute Gasteiger partial charge is 1.00 e. The van der Waals surface area contributed by atoms with Crippen LogP contribution in [0.2, 0.25) is 0 Å². The molecule has 0 heterocycles. The van der Waals surface area contributed by atoms with Gasteiger partial charge in [-0.3, -0.25) is 4.79 Å². The van der Waals surface area contributed by atoms with Gasteiger partial charge in [-0.05, 0) is 0 Å². The summed E-state index contributed by atoms with van der Waals surface area (Å²) in [6, 6.07) is 0. The number of carbonyl (C=O) groups is 3. The molecule has 0 atom stereocenters. The molecule has 0 aliphatic heterocycles. The van der Waals surface area contributed by atoms with Gasteiger partial charge in [-0.15, -0.1) is 0 Å². The zero-order valence-corrected chi connectivity index (χ0v) is 5.54. The normalized spacial score (nSPS) is 6.40.